The molecule has 1 heterocycles. The molecule has 0 aliphatic heterocycles. The second-order valence-electron chi connectivity index (χ2n) is 7.53. The lowest BCUT2D eigenvalue weighted by molar-refractivity contribution is 0.0936. The van der Waals surface area contributed by atoms with Crippen LogP contribution in [-0.4, -0.2) is 24.5 Å². The van der Waals surface area contributed by atoms with Gasteiger partial charge in [-0.1, -0.05) is 24.3 Å². The summed E-state index contributed by atoms with van der Waals surface area (Å²) in [7, 11) is -3.70. The molecule has 0 spiro atoms. The molecule has 0 radical (unpaired) electrons. The van der Waals surface area contributed by atoms with E-state index in [-0.39, 0.29) is 23.4 Å². The summed E-state index contributed by atoms with van der Waals surface area (Å²) in [6.45, 7) is 3.86. The lowest BCUT2D eigenvalue weighted by atomic mass is 10.1. The summed E-state index contributed by atoms with van der Waals surface area (Å²) >= 11 is 0. The predicted octanol–water partition coefficient (Wildman–Crippen LogP) is 2.92. The minimum absolute atomic E-state index is 0.161. The monoisotopic (exact) mass is 424 g/mol. The Morgan fingerprint density at radius 1 is 1.17 bits per heavy atom. The van der Waals surface area contributed by atoms with Gasteiger partial charge in [-0.25, -0.2) is 13.1 Å². The van der Waals surface area contributed by atoms with Gasteiger partial charge in [-0.05, 0) is 62.1 Å². The molecule has 1 aliphatic carbocycles. The molecule has 2 aromatic carbocycles. The summed E-state index contributed by atoms with van der Waals surface area (Å²) in [4.78, 5) is 12.7. The quantitative estimate of drug-likeness (QED) is 0.566. The maximum atomic E-state index is 12.9. The Labute approximate surface area is 176 Å². The van der Waals surface area contributed by atoms with Crippen molar-refractivity contribution in [1.29, 1.82) is 0 Å². The molecule has 1 atom stereocenters. The SMILES string of the molecule is Cc1n[nH]c(C)c1CNS(=O)(=O)c1ccc2c(c1)C(NC(=O)c1ccccc1)CC2. The number of nitrogens with zero attached hydrogens (tertiary/aromatic N) is 1. The molecule has 0 saturated carbocycles. The van der Waals surface area contributed by atoms with Crippen LogP contribution in [-0.2, 0) is 23.0 Å². The van der Waals surface area contributed by atoms with Gasteiger partial charge in [0.25, 0.3) is 5.91 Å². The highest BCUT2D eigenvalue weighted by molar-refractivity contribution is 7.89. The van der Waals surface area contributed by atoms with E-state index in [1.165, 1.54) is 0 Å². The third-order valence-electron chi connectivity index (χ3n) is 5.57. The number of sulfonamides is 1. The maximum absolute atomic E-state index is 12.9. The molecular formula is C22H24N4O3S. The first-order chi connectivity index (χ1) is 14.3. The molecule has 30 heavy (non-hydrogen) atoms. The molecule has 4 rings (SSSR count). The molecule has 7 nitrogen and oxygen atoms in total. The normalized spacial score (nSPS) is 15.7. The molecular weight excluding hydrogens is 400 g/mol. The molecule has 1 aliphatic rings. The number of aromatic amines is 1. The smallest absolute Gasteiger partial charge is 0.251 e. The minimum Gasteiger partial charge on any atom is -0.345 e. The summed E-state index contributed by atoms with van der Waals surface area (Å²) in [6, 6.07) is 13.9. The first-order valence-electron chi connectivity index (χ1n) is 9.84. The Morgan fingerprint density at radius 2 is 1.93 bits per heavy atom. The van der Waals surface area contributed by atoms with Crippen LogP contribution in [0.5, 0.6) is 0 Å². The van der Waals surface area contributed by atoms with Crippen molar-refractivity contribution >= 4 is 15.9 Å². The van der Waals surface area contributed by atoms with E-state index in [0.717, 1.165) is 40.9 Å². The van der Waals surface area contributed by atoms with Crippen molar-refractivity contribution in [2.75, 3.05) is 0 Å². The average Bonchev–Trinajstić information content (AvgIpc) is 3.29. The molecule has 1 unspecified atom stereocenters. The number of rotatable bonds is 6. The number of carbonyl (C=O) groups excluding carboxylic acids is 1. The van der Waals surface area contributed by atoms with Crippen LogP contribution in [0.4, 0.5) is 0 Å². The molecule has 1 amide bonds. The van der Waals surface area contributed by atoms with Gasteiger partial charge in [-0.15, -0.1) is 0 Å². The van der Waals surface area contributed by atoms with E-state index in [1.54, 1.807) is 24.3 Å². The van der Waals surface area contributed by atoms with Gasteiger partial charge in [-0.2, -0.15) is 5.10 Å². The zero-order chi connectivity index (χ0) is 21.3. The Hall–Kier alpha value is -2.97. The van der Waals surface area contributed by atoms with Crippen LogP contribution in [0.3, 0.4) is 0 Å². The van der Waals surface area contributed by atoms with Crippen molar-refractivity contribution in [3.8, 4) is 0 Å². The summed E-state index contributed by atoms with van der Waals surface area (Å²) < 4.78 is 28.4. The Bertz CT molecular complexity index is 1170. The number of amides is 1. The molecule has 3 N–H and O–H groups in total. The minimum atomic E-state index is -3.70. The van der Waals surface area contributed by atoms with Crippen molar-refractivity contribution in [1.82, 2.24) is 20.2 Å². The van der Waals surface area contributed by atoms with E-state index >= 15 is 0 Å². The number of nitrogens with one attached hydrogen (secondary N) is 3. The van der Waals surface area contributed by atoms with E-state index in [1.807, 2.05) is 38.1 Å². The Morgan fingerprint density at radius 3 is 2.63 bits per heavy atom. The van der Waals surface area contributed by atoms with Gasteiger partial charge in [0.2, 0.25) is 10.0 Å². The predicted molar refractivity (Wildman–Crippen MR) is 113 cm³/mol. The Kier molecular flexibility index (Phi) is 5.44. The number of benzene rings is 2. The van der Waals surface area contributed by atoms with Crippen LogP contribution < -0.4 is 10.0 Å². The lowest BCUT2D eigenvalue weighted by Crippen LogP contribution is -2.27. The largest absolute Gasteiger partial charge is 0.345 e. The van der Waals surface area contributed by atoms with Crippen LogP contribution in [0.25, 0.3) is 0 Å². The summed E-state index contributed by atoms with van der Waals surface area (Å²) in [5.74, 6) is -0.161. The standard InChI is InChI=1S/C22H24N4O3S/c1-14-20(15(2)26-25-14)13-23-30(28,29)18-10-8-16-9-11-21(19(16)12-18)24-22(27)17-6-4-3-5-7-17/h3-8,10,12,21,23H,9,11,13H2,1-2H3,(H,24,27)(H,25,26). The molecule has 8 heteroatoms. The number of H-pyrrole nitrogens is 1. The molecule has 156 valence electrons. The average molecular weight is 425 g/mol. The van der Waals surface area contributed by atoms with Gasteiger partial charge in [0, 0.05) is 23.4 Å². The third kappa shape index (κ3) is 4.01. The molecule has 0 bridgehead atoms. The van der Waals surface area contributed by atoms with Crippen molar-refractivity contribution in [2.45, 2.75) is 44.2 Å². The van der Waals surface area contributed by atoms with Crippen LogP contribution in [0, 0.1) is 13.8 Å². The van der Waals surface area contributed by atoms with E-state index in [0.29, 0.717) is 5.56 Å². The van der Waals surface area contributed by atoms with Crippen molar-refractivity contribution in [2.24, 2.45) is 0 Å². The van der Waals surface area contributed by atoms with Gasteiger partial charge in [0.1, 0.15) is 0 Å². The van der Waals surface area contributed by atoms with Gasteiger partial charge in [0.15, 0.2) is 0 Å². The molecule has 0 saturated heterocycles. The van der Waals surface area contributed by atoms with E-state index in [2.05, 4.69) is 20.2 Å². The number of aryl methyl sites for hydroxylation is 3. The lowest BCUT2D eigenvalue weighted by Gasteiger charge is -2.15. The number of aromatic nitrogens is 2. The topological polar surface area (TPSA) is 104 Å². The zero-order valence-electron chi connectivity index (χ0n) is 16.9. The van der Waals surface area contributed by atoms with Gasteiger partial charge < -0.3 is 5.32 Å². The van der Waals surface area contributed by atoms with E-state index < -0.39 is 10.0 Å². The first-order valence-corrected chi connectivity index (χ1v) is 11.3. The van der Waals surface area contributed by atoms with E-state index in [9.17, 15) is 13.2 Å². The highest BCUT2D eigenvalue weighted by Crippen LogP contribution is 2.33. The van der Waals surface area contributed by atoms with Gasteiger partial charge >= 0.3 is 0 Å². The fourth-order valence-corrected chi connectivity index (χ4v) is 4.84. The summed E-state index contributed by atoms with van der Waals surface area (Å²) in [6.07, 6.45) is 1.55. The number of hydrogen-bond acceptors (Lipinski definition) is 4. The van der Waals surface area contributed by atoms with Gasteiger partial charge in [-0.3, -0.25) is 9.89 Å². The highest BCUT2D eigenvalue weighted by Gasteiger charge is 2.27. The van der Waals surface area contributed by atoms with Gasteiger partial charge in [0.05, 0.1) is 16.6 Å². The molecule has 1 aromatic heterocycles. The summed E-state index contributed by atoms with van der Waals surface area (Å²) in [5, 5.41) is 9.99. The number of fused-ring (bicyclic) bond motifs is 1. The maximum Gasteiger partial charge on any atom is 0.251 e. The molecule has 0 fully saturated rings. The number of carbonyl (C=O) groups is 1. The van der Waals surface area contributed by atoms with Crippen LogP contribution in [0.1, 0.15) is 50.9 Å². The first kappa shape index (κ1) is 20.3. The third-order valence-corrected chi connectivity index (χ3v) is 6.97. The zero-order valence-corrected chi connectivity index (χ0v) is 17.7. The van der Waals surface area contributed by atoms with Crippen molar-refractivity contribution in [3.05, 3.63) is 82.2 Å². The fraction of sp³-hybridized carbons (Fsp3) is 0.273. The van der Waals surface area contributed by atoms with Crippen LogP contribution in [0.2, 0.25) is 0 Å². The summed E-state index contributed by atoms with van der Waals surface area (Å²) in [5.41, 5.74) is 4.96. The number of hydrogen-bond donors (Lipinski definition) is 3. The fourth-order valence-electron chi connectivity index (χ4n) is 3.81. The second-order valence-corrected chi connectivity index (χ2v) is 9.30. The van der Waals surface area contributed by atoms with Crippen molar-refractivity contribution in [3.63, 3.8) is 0 Å². The van der Waals surface area contributed by atoms with Crippen LogP contribution in [0.15, 0.2) is 53.4 Å². The second kappa shape index (κ2) is 8.04. The molecule has 3 aromatic rings. The van der Waals surface area contributed by atoms with Crippen LogP contribution >= 0.6 is 0 Å². The highest BCUT2D eigenvalue weighted by atomic mass is 32.2. The Balaban J connectivity index is 1.53. The van der Waals surface area contributed by atoms with Crippen molar-refractivity contribution < 1.29 is 13.2 Å². The van der Waals surface area contributed by atoms with E-state index in [4.69, 9.17) is 0 Å².